The van der Waals surface area contributed by atoms with Crippen molar-refractivity contribution in [3.05, 3.63) is 100 Å². The van der Waals surface area contributed by atoms with Crippen LogP contribution < -0.4 is 0 Å². The van der Waals surface area contributed by atoms with Crippen LogP contribution in [0.25, 0.3) is 49.5 Å². The zero-order valence-corrected chi connectivity index (χ0v) is 18.0. The summed E-state index contributed by atoms with van der Waals surface area (Å²) in [6.07, 6.45) is 1.69. The third kappa shape index (κ3) is 2.76. The van der Waals surface area contributed by atoms with Crippen molar-refractivity contribution in [2.75, 3.05) is 0 Å². The predicted molar refractivity (Wildman–Crippen MR) is 132 cm³/mol. The zero-order valence-electron chi connectivity index (χ0n) is 17.2. The fourth-order valence-electron chi connectivity index (χ4n) is 4.55. The molecular formula is C28H15NO3S. The minimum absolute atomic E-state index is 0.208. The van der Waals surface area contributed by atoms with Crippen molar-refractivity contribution in [1.29, 1.82) is 0 Å². The number of thiophene rings is 1. The van der Waals surface area contributed by atoms with E-state index in [0.29, 0.717) is 11.1 Å². The molecule has 0 radical (unpaired) electrons. The predicted octanol–water partition coefficient (Wildman–Crippen LogP) is 7.26. The van der Waals surface area contributed by atoms with Crippen LogP contribution in [-0.2, 0) is 0 Å². The first kappa shape index (κ1) is 18.4. The number of furan rings is 1. The monoisotopic (exact) mass is 445 g/mol. The number of rotatable bonds is 2. The minimum atomic E-state index is -0.218. The van der Waals surface area contributed by atoms with Crippen LogP contribution in [0, 0.1) is 0 Å². The summed E-state index contributed by atoms with van der Waals surface area (Å²) in [5, 5.41) is 3.04. The Morgan fingerprint density at radius 1 is 0.758 bits per heavy atom. The topological polar surface area (TPSA) is 63.1 Å². The second-order valence-corrected chi connectivity index (χ2v) is 9.33. The summed E-state index contributed by atoms with van der Waals surface area (Å²) in [7, 11) is 0. The van der Waals surface area contributed by atoms with Gasteiger partial charge in [0.05, 0.1) is 16.0 Å². The molecule has 1 aliphatic carbocycles. The number of H-pyrrole nitrogens is 1. The normalized spacial score (nSPS) is 13.5. The Labute approximate surface area is 191 Å². The van der Waals surface area contributed by atoms with Crippen molar-refractivity contribution >= 4 is 60.9 Å². The number of Topliss-reactive ketones (excluding diaryl/α,β-unsaturated/α-hetero) is 2. The highest BCUT2D eigenvalue weighted by molar-refractivity contribution is 7.19. The Kier molecular flexibility index (Phi) is 3.69. The van der Waals surface area contributed by atoms with Gasteiger partial charge in [-0.3, -0.25) is 9.59 Å². The average molecular weight is 445 g/mol. The molecule has 0 saturated heterocycles. The van der Waals surface area contributed by atoms with Gasteiger partial charge in [-0.15, -0.1) is 11.3 Å². The lowest BCUT2D eigenvalue weighted by Crippen LogP contribution is -1.99. The van der Waals surface area contributed by atoms with Gasteiger partial charge in [-0.05, 0) is 47.2 Å². The Hall–Kier alpha value is -4.22. The first-order valence-corrected chi connectivity index (χ1v) is 11.4. The first-order valence-electron chi connectivity index (χ1n) is 10.6. The highest BCUT2D eigenvalue weighted by atomic mass is 32.1. The molecule has 0 amide bonds. The van der Waals surface area contributed by atoms with Gasteiger partial charge in [-0.1, -0.05) is 42.5 Å². The maximum absolute atomic E-state index is 13.0. The molecule has 3 heterocycles. The van der Waals surface area contributed by atoms with E-state index < -0.39 is 0 Å². The molecule has 0 saturated carbocycles. The van der Waals surface area contributed by atoms with E-state index in [1.54, 1.807) is 6.08 Å². The lowest BCUT2D eigenvalue weighted by Gasteiger charge is -2.00. The Morgan fingerprint density at radius 2 is 1.42 bits per heavy atom. The van der Waals surface area contributed by atoms with Crippen LogP contribution in [0.4, 0.5) is 0 Å². The van der Waals surface area contributed by atoms with E-state index in [1.807, 2.05) is 66.7 Å². The van der Waals surface area contributed by atoms with Gasteiger partial charge in [0.1, 0.15) is 5.58 Å². The van der Waals surface area contributed by atoms with Crippen molar-refractivity contribution in [2.45, 2.75) is 0 Å². The van der Waals surface area contributed by atoms with E-state index in [0.717, 1.165) is 48.3 Å². The molecule has 0 unspecified atom stereocenters. The number of aromatic nitrogens is 1. The molecule has 3 aromatic heterocycles. The Morgan fingerprint density at radius 3 is 2.09 bits per heavy atom. The number of ketones is 2. The minimum Gasteiger partial charge on any atom is -0.454 e. The van der Waals surface area contributed by atoms with E-state index in [1.165, 1.54) is 11.3 Å². The van der Waals surface area contributed by atoms with Gasteiger partial charge >= 0.3 is 0 Å². The SMILES string of the molecule is O=C1C(=Cc2cc3oc(-c4cc5ccccc5[nH]4)cc3s2)C(=O)c2cc3ccccc3cc21. The number of fused-ring (bicyclic) bond motifs is 4. The molecule has 0 aliphatic heterocycles. The van der Waals surface area contributed by atoms with Gasteiger partial charge in [-0.2, -0.15) is 0 Å². The number of carbonyl (C=O) groups excluding carboxylic acids is 2. The number of allylic oxidation sites excluding steroid dienone is 1. The number of carbonyl (C=O) groups is 2. The number of nitrogens with one attached hydrogen (secondary N) is 1. The molecule has 0 atom stereocenters. The fourth-order valence-corrected chi connectivity index (χ4v) is 5.51. The van der Waals surface area contributed by atoms with E-state index >= 15 is 0 Å². The van der Waals surface area contributed by atoms with Gasteiger partial charge < -0.3 is 9.40 Å². The van der Waals surface area contributed by atoms with Gasteiger partial charge in [0.2, 0.25) is 0 Å². The van der Waals surface area contributed by atoms with Gasteiger partial charge in [0.25, 0.3) is 0 Å². The van der Waals surface area contributed by atoms with Crippen molar-refractivity contribution in [3.8, 4) is 11.5 Å². The van der Waals surface area contributed by atoms with E-state index in [2.05, 4.69) is 17.1 Å². The molecule has 5 heteroatoms. The molecule has 1 N–H and O–H groups in total. The van der Waals surface area contributed by atoms with Crippen molar-refractivity contribution < 1.29 is 14.0 Å². The van der Waals surface area contributed by atoms with Crippen molar-refractivity contribution in [1.82, 2.24) is 4.98 Å². The second-order valence-electron chi connectivity index (χ2n) is 8.22. The van der Waals surface area contributed by atoms with Crippen molar-refractivity contribution in [2.24, 2.45) is 0 Å². The number of benzene rings is 3. The summed E-state index contributed by atoms with van der Waals surface area (Å²) in [5.74, 6) is 0.327. The average Bonchev–Trinajstić information content (AvgIpc) is 3.57. The van der Waals surface area contributed by atoms with Crippen LogP contribution in [0.3, 0.4) is 0 Å². The first-order chi connectivity index (χ1) is 16.1. The number of para-hydroxylation sites is 1. The Bertz CT molecular complexity index is 1690. The summed E-state index contributed by atoms with van der Waals surface area (Å²) in [6, 6.07) is 25.4. The maximum Gasteiger partial charge on any atom is 0.197 e. The highest BCUT2D eigenvalue weighted by Gasteiger charge is 2.33. The number of hydrogen-bond acceptors (Lipinski definition) is 4. The Balaban J connectivity index is 1.26. The quantitative estimate of drug-likeness (QED) is 0.225. The van der Waals surface area contributed by atoms with Crippen molar-refractivity contribution in [3.63, 3.8) is 0 Å². The molecule has 156 valence electrons. The van der Waals surface area contributed by atoms with Gasteiger partial charge in [0, 0.05) is 33.0 Å². The number of aromatic amines is 1. The van der Waals surface area contributed by atoms with Crippen LogP contribution in [0.1, 0.15) is 25.6 Å². The molecule has 0 spiro atoms. The summed E-state index contributed by atoms with van der Waals surface area (Å²) in [6.45, 7) is 0. The van der Waals surface area contributed by atoms with Crippen LogP contribution in [0.15, 0.2) is 88.9 Å². The van der Waals surface area contributed by atoms with Gasteiger partial charge in [0.15, 0.2) is 17.3 Å². The molecule has 33 heavy (non-hydrogen) atoms. The second kappa shape index (κ2) is 6.64. The van der Waals surface area contributed by atoms with E-state index in [-0.39, 0.29) is 17.1 Å². The van der Waals surface area contributed by atoms with Crippen LogP contribution >= 0.6 is 11.3 Å². The summed E-state index contributed by atoms with van der Waals surface area (Å²) in [4.78, 5) is 30.2. The smallest absolute Gasteiger partial charge is 0.197 e. The van der Waals surface area contributed by atoms with Gasteiger partial charge in [-0.25, -0.2) is 0 Å². The number of hydrogen-bond donors (Lipinski definition) is 1. The molecular weight excluding hydrogens is 430 g/mol. The molecule has 1 aliphatic rings. The zero-order chi connectivity index (χ0) is 22.1. The maximum atomic E-state index is 13.0. The van der Waals surface area contributed by atoms with Crippen LogP contribution in [0.5, 0.6) is 0 Å². The fraction of sp³-hybridized carbons (Fsp3) is 0. The third-order valence-corrected chi connectivity index (χ3v) is 7.18. The summed E-state index contributed by atoms with van der Waals surface area (Å²) < 4.78 is 7.05. The largest absolute Gasteiger partial charge is 0.454 e. The molecule has 0 bridgehead atoms. The highest BCUT2D eigenvalue weighted by Crippen LogP contribution is 2.37. The lowest BCUT2D eigenvalue weighted by molar-refractivity contribution is 0.0990. The molecule has 6 aromatic rings. The van der Waals surface area contributed by atoms with Crippen LogP contribution in [-0.4, -0.2) is 16.6 Å². The van der Waals surface area contributed by atoms with Crippen LogP contribution in [0.2, 0.25) is 0 Å². The lowest BCUT2D eigenvalue weighted by atomic mass is 10.0. The molecule has 0 fully saturated rings. The summed E-state index contributed by atoms with van der Waals surface area (Å²) >= 11 is 1.50. The third-order valence-electron chi connectivity index (χ3n) is 6.17. The standard InChI is InChI=1S/C28H15NO3S/c30-27-19-9-15-5-1-2-6-16(15)10-20(19)28(31)21(27)12-18-13-25-26(33-18)14-24(32-25)23-11-17-7-3-4-8-22(17)29-23/h1-14,29H. The molecule has 3 aromatic carbocycles. The van der Waals surface area contributed by atoms with E-state index in [4.69, 9.17) is 4.42 Å². The molecule has 7 rings (SSSR count). The summed E-state index contributed by atoms with van der Waals surface area (Å²) in [5.41, 5.74) is 3.88. The molecule has 4 nitrogen and oxygen atoms in total. The van der Waals surface area contributed by atoms with E-state index in [9.17, 15) is 9.59 Å².